The van der Waals surface area contributed by atoms with Gasteiger partial charge in [0.2, 0.25) is 0 Å². The number of hydrogen-bond donors (Lipinski definition) is 3. The van der Waals surface area contributed by atoms with Gasteiger partial charge in [-0.2, -0.15) is 5.10 Å². The third-order valence-electron chi connectivity index (χ3n) is 4.92. The molecule has 0 radical (unpaired) electrons. The van der Waals surface area contributed by atoms with Gasteiger partial charge in [0.25, 0.3) is 11.8 Å². The number of anilines is 2. The van der Waals surface area contributed by atoms with Gasteiger partial charge in [-0.15, -0.1) is 11.3 Å². The highest BCUT2D eigenvalue weighted by Gasteiger charge is 2.42. The van der Waals surface area contributed by atoms with E-state index in [0.29, 0.717) is 29.1 Å². The lowest BCUT2D eigenvalue weighted by molar-refractivity contribution is -0.126. The van der Waals surface area contributed by atoms with Crippen LogP contribution in [0.5, 0.6) is 0 Å². The second kappa shape index (κ2) is 7.95. The maximum atomic E-state index is 13.2. The lowest BCUT2D eigenvalue weighted by Crippen LogP contribution is -2.52. The van der Waals surface area contributed by atoms with Crippen molar-refractivity contribution >= 4 is 34.5 Å². The first-order valence-corrected chi connectivity index (χ1v) is 10.0. The second-order valence-corrected chi connectivity index (χ2v) is 7.65. The standard InChI is InChI=1S/C20H21N5O2S/c26-18(17-6-2-13-28-17)23-15-4-1-5-16(14-15)24-19(27)20(7-10-21-11-8-20)25-12-3-9-22-25/h1-6,9,12-14,21H,7-8,10-11H2,(H,23,26)(H,24,27). The number of nitrogens with zero attached hydrogens (tertiary/aromatic N) is 2. The van der Waals surface area contributed by atoms with Crippen LogP contribution in [0.4, 0.5) is 11.4 Å². The highest BCUT2D eigenvalue weighted by atomic mass is 32.1. The van der Waals surface area contributed by atoms with Gasteiger partial charge in [0.1, 0.15) is 5.54 Å². The molecule has 0 saturated carbocycles. The average Bonchev–Trinajstić information content (AvgIpc) is 3.43. The molecule has 0 spiro atoms. The summed E-state index contributed by atoms with van der Waals surface area (Å²) in [6.45, 7) is 1.51. The van der Waals surface area contributed by atoms with Crippen LogP contribution in [-0.2, 0) is 10.3 Å². The molecule has 2 amide bonds. The molecule has 28 heavy (non-hydrogen) atoms. The molecule has 0 aliphatic carbocycles. The molecule has 7 nitrogen and oxygen atoms in total. The Labute approximate surface area is 166 Å². The fraction of sp³-hybridized carbons (Fsp3) is 0.250. The zero-order chi connectivity index (χ0) is 19.4. The number of hydrogen-bond acceptors (Lipinski definition) is 5. The van der Waals surface area contributed by atoms with Gasteiger partial charge in [0.15, 0.2) is 0 Å². The van der Waals surface area contributed by atoms with Crippen LogP contribution < -0.4 is 16.0 Å². The largest absolute Gasteiger partial charge is 0.324 e. The Hall–Kier alpha value is -2.97. The number of carbonyl (C=O) groups is 2. The molecular formula is C20H21N5O2S. The maximum Gasteiger partial charge on any atom is 0.265 e. The van der Waals surface area contributed by atoms with E-state index in [9.17, 15) is 9.59 Å². The zero-order valence-corrected chi connectivity index (χ0v) is 16.0. The monoisotopic (exact) mass is 395 g/mol. The Morgan fingerprint density at radius 2 is 1.86 bits per heavy atom. The van der Waals surface area contributed by atoms with Crippen molar-refractivity contribution in [3.8, 4) is 0 Å². The van der Waals surface area contributed by atoms with Crippen LogP contribution in [0.25, 0.3) is 0 Å². The van der Waals surface area contributed by atoms with Crippen LogP contribution in [0, 0.1) is 0 Å². The summed E-state index contributed by atoms with van der Waals surface area (Å²) in [5, 5.41) is 15.4. The minimum Gasteiger partial charge on any atom is -0.324 e. The molecular weight excluding hydrogens is 374 g/mol. The zero-order valence-electron chi connectivity index (χ0n) is 15.2. The number of aromatic nitrogens is 2. The molecule has 0 unspecified atom stereocenters. The number of amides is 2. The lowest BCUT2D eigenvalue weighted by atomic mass is 9.87. The SMILES string of the molecule is O=C(Nc1cccc(NC(=O)C2(n3cccn3)CCNCC2)c1)c1cccs1. The molecule has 3 N–H and O–H groups in total. The van der Waals surface area contributed by atoms with E-state index in [0.717, 1.165) is 13.1 Å². The molecule has 4 rings (SSSR count). The number of piperidine rings is 1. The van der Waals surface area contributed by atoms with Gasteiger partial charge >= 0.3 is 0 Å². The fourth-order valence-corrected chi connectivity index (χ4v) is 4.06. The number of benzene rings is 1. The molecule has 8 heteroatoms. The lowest BCUT2D eigenvalue weighted by Gasteiger charge is -2.36. The minimum absolute atomic E-state index is 0.0977. The summed E-state index contributed by atoms with van der Waals surface area (Å²) in [5.74, 6) is -0.260. The Kier molecular flexibility index (Phi) is 5.23. The van der Waals surface area contributed by atoms with Gasteiger partial charge in [-0.05, 0) is 61.6 Å². The van der Waals surface area contributed by atoms with E-state index in [1.165, 1.54) is 11.3 Å². The van der Waals surface area contributed by atoms with Crippen LogP contribution in [-0.4, -0.2) is 34.7 Å². The summed E-state index contributed by atoms with van der Waals surface area (Å²) < 4.78 is 1.76. The van der Waals surface area contributed by atoms with E-state index in [4.69, 9.17) is 0 Å². The molecule has 1 saturated heterocycles. The third kappa shape index (κ3) is 3.69. The van der Waals surface area contributed by atoms with Crippen molar-refractivity contribution < 1.29 is 9.59 Å². The van der Waals surface area contributed by atoms with E-state index in [1.807, 2.05) is 35.8 Å². The van der Waals surface area contributed by atoms with Crippen LogP contribution in [0.15, 0.2) is 60.2 Å². The van der Waals surface area contributed by atoms with Gasteiger partial charge in [0.05, 0.1) is 4.88 Å². The first kappa shape index (κ1) is 18.4. The second-order valence-electron chi connectivity index (χ2n) is 6.70. The molecule has 2 aromatic heterocycles. The average molecular weight is 395 g/mol. The van der Waals surface area contributed by atoms with E-state index < -0.39 is 5.54 Å². The van der Waals surface area contributed by atoms with Crippen molar-refractivity contribution in [2.45, 2.75) is 18.4 Å². The van der Waals surface area contributed by atoms with Gasteiger partial charge < -0.3 is 16.0 Å². The molecule has 144 valence electrons. The Bertz CT molecular complexity index is 947. The molecule has 3 aromatic rings. The van der Waals surface area contributed by atoms with Crippen molar-refractivity contribution in [1.29, 1.82) is 0 Å². The van der Waals surface area contributed by atoms with E-state index in [-0.39, 0.29) is 11.8 Å². The number of nitrogens with one attached hydrogen (secondary N) is 3. The number of carbonyl (C=O) groups excluding carboxylic acids is 2. The first-order valence-electron chi connectivity index (χ1n) is 9.15. The minimum atomic E-state index is -0.717. The summed E-state index contributed by atoms with van der Waals surface area (Å²) in [7, 11) is 0. The van der Waals surface area contributed by atoms with E-state index >= 15 is 0 Å². The maximum absolute atomic E-state index is 13.2. The van der Waals surface area contributed by atoms with Crippen molar-refractivity contribution in [2.75, 3.05) is 23.7 Å². The molecule has 1 fully saturated rings. The normalized spacial score (nSPS) is 15.7. The predicted octanol–water partition coefficient (Wildman–Crippen LogP) is 2.91. The van der Waals surface area contributed by atoms with Gasteiger partial charge in [-0.1, -0.05) is 12.1 Å². The van der Waals surface area contributed by atoms with Gasteiger partial charge in [-0.3, -0.25) is 14.3 Å². The summed E-state index contributed by atoms with van der Waals surface area (Å²) >= 11 is 1.38. The number of thiophene rings is 1. The fourth-order valence-electron chi connectivity index (χ4n) is 3.45. The Balaban J connectivity index is 1.52. The number of rotatable bonds is 5. The summed E-state index contributed by atoms with van der Waals surface area (Å²) in [5.41, 5.74) is 0.555. The highest BCUT2D eigenvalue weighted by Crippen LogP contribution is 2.29. The van der Waals surface area contributed by atoms with E-state index in [2.05, 4.69) is 21.0 Å². The summed E-state index contributed by atoms with van der Waals surface area (Å²) in [4.78, 5) is 26.1. The quantitative estimate of drug-likeness (QED) is 0.620. The molecule has 0 bridgehead atoms. The van der Waals surface area contributed by atoms with Crippen LogP contribution >= 0.6 is 11.3 Å². The van der Waals surface area contributed by atoms with Gasteiger partial charge in [-0.25, -0.2) is 0 Å². The Morgan fingerprint density at radius 1 is 1.07 bits per heavy atom. The molecule has 1 aliphatic heterocycles. The van der Waals surface area contributed by atoms with Gasteiger partial charge in [0, 0.05) is 23.8 Å². The topological polar surface area (TPSA) is 88.1 Å². The van der Waals surface area contributed by atoms with Crippen LogP contribution in [0.1, 0.15) is 22.5 Å². The summed E-state index contributed by atoms with van der Waals surface area (Å²) in [6, 6.07) is 12.6. The van der Waals surface area contributed by atoms with Crippen LogP contribution in [0.2, 0.25) is 0 Å². The highest BCUT2D eigenvalue weighted by molar-refractivity contribution is 7.12. The third-order valence-corrected chi connectivity index (χ3v) is 5.79. The van der Waals surface area contributed by atoms with Crippen molar-refractivity contribution in [3.05, 3.63) is 65.1 Å². The first-order chi connectivity index (χ1) is 13.7. The van der Waals surface area contributed by atoms with Crippen molar-refractivity contribution in [3.63, 3.8) is 0 Å². The smallest absolute Gasteiger partial charge is 0.265 e. The summed E-state index contributed by atoms with van der Waals surface area (Å²) in [6.07, 6.45) is 4.85. The molecule has 0 atom stereocenters. The Morgan fingerprint density at radius 3 is 2.54 bits per heavy atom. The molecule has 3 heterocycles. The van der Waals surface area contributed by atoms with Crippen LogP contribution in [0.3, 0.4) is 0 Å². The molecule has 1 aromatic carbocycles. The predicted molar refractivity (Wildman–Crippen MR) is 110 cm³/mol. The van der Waals surface area contributed by atoms with E-state index in [1.54, 1.807) is 29.1 Å². The molecule has 1 aliphatic rings. The van der Waals surface area contributed by atoms with Crippen molar-refractivity contribution in [2.24, 2.45) is 0 Å². The van der Waals surface area contributed by atoms with Crippen molar-refractivity contribution in [1.82, 2.24) is 15.1 Å².